The Balaban J connectivity index is 1.83. The average molecular weight is 346 g/mol. The van der Waals surface area contributed by atoms with Crippen LogP contribution in [0.4, 0.5) is 17.2 Å². The zero-order chi connectivity index (χ0) is 18.1. The first-order valence-electron chi connectivity index (χ1n) is 8.43. The third-order valence-electron chi connectivity index (χ3n) is 4.06. The summed E-state index contributed by atoms with van der Waals surface area (Å²) in [6, 6.07) is 15.4. The Morgan fingerprint density at radius 1 is 1.08 bits per heavy atom. The number of fused-ring (bicyclic) bond motifs is 3. The fourth-order valence-corrected chi connectivity index (χ4v) is 2.97. The van der Waals surface area contributed by atoms with Crippen molar-refractivity contribution in [2.24, 2.45) is 0 Å². The van der Waals surface area contributed by atoms with Crippen molar-refractivity contribution in [2.45, 2.75) is 20.3 Å². The molecular formula is C19H18N6O. The van der Waals surface area contributed by atoms with E-state index in [4.69, 9.17) is 4.98 Å². The van der Waals surface area contributed by atoms with Crippen LogP contribution in [0.2, 0.25) is 0 Å². The van der Waals surface area contributed by atoms with Gasteiger partial charge in [0.25, 0.3) is 0 Å². The highest BCUT2D eigenvalue weighted by atomic mass is 16.1. The van der Waals surface area contributed by atoms with E-state index in [9.17, 15) is 4.79 Å². The number of carbonyl (C=O) groups excluding carboxylic acids is 1. The molecule has 2 aromatic heterocycles. The molecule has 0 aliphatic rings. The minimum atomic E-state index is -0.113. The van der Waals surface area contributed by atoms with Gasteiger partial charge in [-0.1, -0.05) is 25.1 Å². The van der Waals surface area contributed by atoms with Gasteiger partial charge in [0.05, 0.1) is 11.0 Å². The van der Waals surface area contributed by atoms with Crippen LogP contribution < -0.4 is 10.6 Å². The molecule has 0 spiro atoms. The minimum Gasteiger partial charge on any atom is -0.337 e. The standard InChI is InChI=1S/C19H18N6O/c1-3-17-23-24-19-18(22-15-9-4-5-10-16(15)25(17)19)21-14-8-6-7-13(11-14)20-12(2)26/h4-11H,3H2,1-2H3,(H,20,26)(H,21,22). The normalized spacial score (nSPS) is 11.0. The van der Waals surface area contributed by atoms with Crippen molar-refractivity contribution in [1.82, 2.24) is 19.6 Å². The molecule has 0 saturated carbocycles. The summed E-state index contributed by atoms with van der Waals surface area (Å²) < 4.78 is 2.03. The Labute approximate surface area is 150 Å². The number of carbonyl (C=O) groups is 1. The monoisotopic (exact) mass is 346 g/mol. The van der Waals surface area contributed by atoms with Gasteiger partial charge < -0.3 is 10.6 Å². The van der Waals surface area contributed by atoms with Crippen molar-refractivity contribution in [3.05, 3.63) is 54.4 Å². The number of aromatic nitrogens is 4. The van der Waals surface area contributed by atoms with Crippen LogP contribution in [-0.4, -0.2) is 25.5 Å². The second-order valence-corrected chi connectivity index (χ2v) is 5.96. The molecule has 4 aromatic rings. The van der Waals surface area contributed by atoms with E-state index in [0.29, 0.717) is 11.5 Å². The number of nitrogens with zero attached hydrogens (tertiary/aromatic N) is 4. The van der Waals surface area contributed by atoms with Gasteiger partial charge in [0, 0.05) is 24.7 Å². The fourth-order valence-electron chi connectivity index (χ4n) is 2.97. The highest BCUT2D eigenvalue weighted by molar-refractivity contribution is 5.90. The molecule has 0 atom stereocenters. The molecule has 26 heavy (non-hydrogen) atoms. The highest BCUT2D eigenvalue weighted by Crippen LogP contribution is 2.25. The molecule has 0 aliphatic carbocycles. The van der Waals surface area contributed by atoms with Crippen LogP contribution >= 0.6 is 0 Å². The van der Waals surface area contributed by atoms with Crippen LogP contribution in [0, 0.1) is 0 Å². The smallest absolute Gasteiger partial charge is 0.221 e. The van der Waals surface area contributed by atoms with E-state index in [2.05, 4.69) is 27.8 Å². The molecule has 7 heteroatoms. The lowest BCUT2D eigenvalue weighted by atomic mass is 10.2. The Kier molecular flexibility index (Phi) is 3.96. The Bertz CT molecular complexity index is 1120. The quantitative estimate of drug-likeness (QED) is 0.590. The lowest BCUT2D eigenvalue weighted by molar-refractivity contribution is -0.114. The van der Waals surface area contributed by atoms with Gasteiger partial charge in [0.2, 0.25) is 11.6 Å². The zero-order valence-electron chi connectivity index (χ0n) is 14.5. The largest absolute Gasteiger partial charge is 0.337 e. The molecule has 0 fully saturated rings. The van der Waals surface area contributed by atoms with Gasteiger partial charge in [0.1, 0.15) is 5.82 Å². The number of nitrogens with one attached hydrogen (secondary N) is 2. The molecule has 4 rings (SSSR count). The third kappa shape index (κ3) is 2.83. The van der Waals surface area contributed by atoms with Gasteiger partial charge in [-0.15, -0.1) is 10.2 Å². The molecule has 0 saturated heterocycles. The first-order chi connectivity index (χ1) is 12.7. The summed E-state index contributed by atoms with van der Waals surface area (Å²) in [5, 5.41) is 14.7. The van der Waals surface area contributed by atoms with Gasteiger partial charge in [-0.05, 0) is 30.3 Å². The van der Waals surface area contributed by atoms with Gasteiger partial charge in [-0.2, -0.15) is 0 Å². The molecule has 1 amide bonds. The number of hydrogen-bond donors (Lipinski definition) is 2. The van der Waals surface area contributed by atoms with Crippen molar-refractivity contribution >= 4 is 39.8 Å². The van der Waals surface area contributed by atoms with Crippen molar-refractivity contribution < 1.29 is 4.79 Å². The fraction of sp³-hybridized carbons (Fsp3) is 0.158. The molecule has 7 nitrogen and oxygen atoms in total. The number of anilines is 3. The number of rotatable bonds is 4. The van der Waals surface area contributed by atoms with E-state index >= 15 is 0 Å². The lowest BCUT2D eigenvalue weighted by Crippen LogP contribution is -2.06. The maximum absolute atomic E-state index is 11.3. The summed E-state index contributed by atoms with van der Waals surface area (Å²) in [5.41, 5.74) is 4.03. The van der Waals surface area contributed by atoms with Crippen LogP contribution in [-0.2, 0) is 11.2 Å². The highest BCUT2D eigenvalue weighted by Gasteiger charge is 2.14. The summed E-state index contributed by atoms with van der Waals surface area (Å²) in [5.74, 6) is 1.39. The van der Waals surface area contributed by atoms with E-state index < -0.39 is 0 Å². The minimum absolute atomic E-state index is 0.113. The predicted molar refractivity (Wildman–Crippen MR) is 102 cm³/mol. The predicted octanol–water partition coefficient (Wildman–Crippen LogP) is 3.54. The van der Waals surface area contributed by atoms with Gasteiger partial charge in [0.15, 0.2) is 5.82 Å². The third-order valence-corrected chi connectivity index (χ3v) is 4.06. The van der Waals surface area contributed by atoms with E-state index in [1.165, 1.54) is 6.92 Å². The lowest BCUT2D eigenvalue weighted by Gasteiger charge is -2.11. The summed E-state index contributed by atoms with van der Waals surface area (Å²) >= 11 is 0. The molecule has 2 aromatic carbocycles. The Morgan fingerprint density at radius 3 is 2.69 bits per heavy atom. The molecule has 2 N–H and O–H groups in total. The van der Waals surface area contributed by atoms with Crippen molar-refractivity contribution in [3.63, 3.8) is 0 Å². The SMILES string of the molecule is CCc1nnc2c(Nc3cccc(NC(C)=O)c3)nc3ccccc3n12. The van der Waals surface area contributed by atoms with E-state index in [-0.39, 0.29) is 5.91 Å². The first kappa shape index (κ1) is 16.0. The second-order valence-electron chi connectivity index (χ2n) is 5.96. The maximum atomic E-state index is 11.3. The van der Waals surface area contributed by atoms with E-state index in [0.717, 1.165) is 34.7 Å². The van der Waals surface area contributed by atoms with Gasteiger partial charge in [-0.3, -0.25) is 9.20 Å². The second kappa shape index (κ2) is 6.44. The van der Waals surface area contributed by atoms with Crippen LogP contribution in [0.25, 0.3) is 16.7 Å². The summed E-state index contributed by atoms with van der Waals surface area (Å²) in [4.78, 5) is 16.0. The molecule has 2 heterocycles. The van der Waals surface area contributed by atoms with Crippen LogP contribution in [0.1, 0.15) is 19.7 Å². The Hall–Kier alpha value is -3.48. The summed E-state index contributed by atoms with van der Waals surface area (Å²) in [6.07, 6.45) is 0.770. The first-order valence-corrected chi connectivity index (χ1v) is 8.43. The number of aryl methyl sites for hydroxylation is 1. The molecule has 130 valence electrons. The summed E-state index contributed by atoms with van der Waals surface area (Å²) in [6.45, 7) is 3.53. The van der Waals surface area contributed by atoms with Crippen LogP contribution in [0.5, 0.6) is 0 Å². The number of para-hydroxylation sites is 2. The molecule has 0 radical (unpaired) electrons. The average Bonchev–Trinajstić information content (AvgIpc) is 3.06. The maximum Gasteiger partial charge on any atom is 0.221 e. The van der Waals surface area contributed by atoms with Crippen molar-refractivity contribution in [1.29, 1.82) is 0 Å². The van der Waals surface area contributed by atoms with Gasteiger partial charge >= 0.3 is 0 Å². The summed E-state index contributed by atoms with van der Waals surface area (Å²) in [7, 11) is 0. The molecule has 0 unspecified atom stereocenters. The van der Waals surface area contributed by atoms with Crippen molar-refractivity contribution in [2.75, 3.05) is 10.6 Å². The van der Waals surface area contributed by atoms with Crippen LogP contribution in [0.3, 0.4) is 0 Å². The van der Waals surface area contributed by atoms with E-state index in [1.807, 2.05) is 52.9 Å². The molecular weight excluding hydrogens is 328 g/mol. The van der Waals surface area contributed by atoms with Crippen LogP contribution in [0.15, 0.2) is 48.5 Å². The number of hydrogen-bond acceptors (Lipinski definition) is 5. The molecule has 0 bridgehead atoms. The van der Waals surface area contributed by atoms with Gasteiger partial charge in [-0.25, -0.2) is 4.98 Å². The zero-order valence-corrected chi connectivity index (χ0v) is 14.5. The topological polar surface area (TPSA) is 84.2 Å². The molecule has 0 aliphatic heterocycles. The number of amides is 1. The Morgan fingerprint density at radius 2 is 1.88 bits per heavy atom. The van der Waals surface area contributed by atoms with E-state index in [1.54, 1.807) is 0 Å². The van der Waals surface area contributed by atoms with Crippen molar-refractivity contribution in [3.8, 4) is 0 Å². The number of benzene rings is 2.